The summed E-state index contributed by atoms with van der Waals surface area (Å²) < 4.78 is 6.52. The molecule has 3 rings (SSSR count). The van der Waals surface area contributed by atoms with E-state index in [9.17, 15) is 14.4 Å². The van der Waals surface area contributed by atoms with Gasteiger partial charge in [-0.1, -0.05) is 0 Å². The van der Waals surface area contributed by atoms with Crippen molar-refractivity contribution in [1.29, 1.82) is 0 Å². The van der Waals surface area contributed by atoms with Crippen molar-refractivity contribution in [3.8, 4) is 5.95 Å². The second-order valence-electron chi connectivity index (χ2n) is 5.24. The molecule has 3 aromatic heterocycles. The van der Waals surface area contributed by atoms with Crippen LogP contribution in [0.15, 0.2) is 53.8 Å². The number of nitrogens with one attached hydrogen (secondary N) is 1. The van der Waals surface area contributed by atoms with Crippen LogP contribution < -0.4 is 11.1 Å². The van der Waals surface area contributed by atoms with Crippen LogP contribution in [-0.2, 0) is 16.0 Å². The van der Waals surface area contributed by atoms with Crippen LogP contribution in [0.4, 0.5) is 0 Å². The molecule has 0 aliphatic rings. The molecule has 2 amide bonds. The minimum atomic E-state index is -1.17. The number of hydrogen-bond acceptors (Lipinski definition) is 7. The molecular weight excluding hydrogens is 340 g/mol. The van der Waals surface area contributed by atoms with E-state index in [2.05, 4.69) is 20.3 Å². The molecule has 26 heavy (non-hydrogen) atoms. The zero-order valence-electron chi connectivity index (χ0n) is 13.4. The summed E-state index contributed by atoms with van der Waals surface area (Å²) in [6, 6.07) is 3.71. The van der Waals surface area contributed by atoms with Gasteiger partial charge in [-0.25, -0.2) is 15.0 Å². The molecule has 3 aromatic rings. The lowest BCUT2D eigenvalue weighted by Gasteiger charge is -2.15. The third-order valence-corrected chi connectivity index (χ3v) is 3.49. The molecule has 1 unspecified atom stereocenters. The SMILES string of the molecule is NC(=O)C(=O)C(Cc1ccco1)NC(=O)c1cncn1-c1ncccn1. The van der Waals surface area contributed by atoms with E-state index >= 15 is 0 Å². The van der Waals surface area contributed by atoms with Crippen molar-refractivity contribution in [2.45, 2.75) is 12.5 Å². The van der Waals surface area contributed by atoms with E-state index in [4.69, 9.17) is 10.2 Å². The van der Waals surface area contributed by atoms with Crippen LogP contribution >= 0.6 is 0 Å². The molecule has 0 aliphatic heterocycles. The molecule has 0 fully saturated rings. The number of rotatable bonds is 7. The van der Waals surface area contributed by atoms with Gasteiger partial charge in [0.15, 0.2) is 0 Å². The number of furan rings is 1. The van der Waals surface area contributed by atoms with Gasteiger partial charge in [0.1, 0.15) is 23.8 Å². The second kappa shape index (κ2) is 7.38. The maximum Gasteiger partial charge on any atom is 0.287 e. The Morgan fingerprint density at radius 1 is 1.23 bits per heavy atom. The number of aromatic nitrogens is 4. The number of imidazole rings is 1. The molecular formula is C16H14N6O4. The first-order valence-corrected chi connectivity index (χ1v) is 7.53. The van der Waals surface area contributed by atoms with E-state index in [0.29, 0.717) is 5.76 Å². The van der Waals surface area contributed by atoms with Gasteiger partial charge in [0, 0.05) is 18.8 Å². The van der Waals surface area contributed by atoms with Crippen molar-refractivity contribution < 1.29 is 18.8 Å². The Bertz CT molecular complexity index is 919. The number of Topliss-reactive ketones (excluding diaryl/α,β-unsaturated/α-hetero) is 1. The van der Waals surface area contributed by atoms with E-state index < -0.39 is 23.6 Å². The minimum Gasteiger partial charge on any atom is -0.469 e. The van der Waals surface area contributed by atoms with Gasteiger partial charge in [-0.2, -0.15) is 0 Å². The van der Waals surface area contributed by atoms with Crippen LogP contribution in [0.5, 0.6) is 0 Å². The van der Waals surface area contributed by atoms with E-state index in [-0.39, 0.29) is 18.1 Å². The van der Waals surface area contributed by atoms with Gasteiger partial charge >= 0.3 is 0 Å². The number of amides is 2. The molecule has 1 atom stereocenters. The molecule has 10 nitrogen and oxygen atoms in total. The molecule has 0 aromatic carbocycles. The molecule has 3 N–H and O–H groups in total. The fourth-order valence-electron chi connectivity index (χ4n) is 2.28. The van der Waals surface area contributed by atoms with Crippen molar-refractivity contribution in [1.82, 2.24) is 24.8 Å². The number of nitrogens with zero attached hydrogens (tertiary/aromatic N) is 4. The number of carbonyl (C=O) groups excluding carboxylic acids is 3. The summed E-state index contributed by atoms with van der Waals surface area (Å²) in [5, 5.41) is 2.48. The van der Waals surface area contributed by atoms with Gasteiger partial charge in [-0.3, -0.25) is 19.0 Å². The Labute approximate surface area is 147 Å². The highest BCUT2D eigenvalue weighted by Gasteiger charge is 2.28. The van der Waals surface area contributed by atoms with Crippen LogP contribution in [0.1, 0.15) is 16.2 Å². The first-order valence-electron chi connectivity index (χ1n) is 7.53. The molecule has 3 heterocycles. The molecule has 132 valence electrons. The van der Waals surface area contributed by atoms with E-state index in [1.807, 2.05) is 0 Å². The number of hydrogen-bond donors (Lipinski definition) is 2. The number of carbonyl (C=O) groups is 3. The predicted molar refractivity (Wildman–Crippen MR) is 87.0 cm³/mol. The molecule has 0 spiro atoms. The highest BCUT2D eigenvalue weighted by molar-refractivity contribution is 6.38. The van der Waals surface area contributed by atoms with Gasteiger partial charge in [-0.05, 0) is 18.2 Å². The fourth-order valence-corrected chi connectivity index (χ4v) is 2.28. The molecule has 0 radical (unpaired) electrons. The first kappa shape index (κ1) is 17.0. The van der Waals surface area contributed by atoms with Crippen LogP contribution in [0, 0.1) is 0 Å². The normalized spacial score (nSPS) is 11.7. The van der Waals surface area contributed by atoms with Crippen molar-refractivity contribution in [3.05, 3.63) is 60.8 Å². The largest absolute Gasteiger partial charge is 0.469 e. The second-order valence-corrected chi connectivity index (χ2v) is 5.24. The highest BCUT2D eigenvalue weighted by Crippen LogP contribution is 2.09. The number of ketones is 1. The lowest BCUT2D eigenvalue weighted by molar-refractivity contribution is -0.137. The first-order chi connectivity index (χ1) is 12.6. The molecule has 0 aliphatic carbocycles. The molecule has 0 saturated carbocycles. The summed E-state index contributed by atoms with van der Waals surface area (Å²) in [7, 11) is 0. The van der Waals surface area contributed by atoms with Crippen LogP contribution in [0.25, 0.3) is 5.95 Å². The molecule has 0 bridgehead atoms. The van der Waals surface area contributed by atoms with Crippen molar-refractivity contribution >= 4 is 17.6 Å². The quantitative estimate of drug-likeness (QED) is 0.551. The summed E-state index contributed by atoms with van der Waals surface area (Å²) in [6.07, 6.45) is 7.09. The van der Waals surface area contributed by atoms with Crippen LogP contribution in [0.2, 0.25) is 0 Å². The van der Waals surface area contributed by atoms with Gasteiger partial charge in [-0.15, -0.1) is 0 Å². The lowest BCUT2D eigenvalue weighted by atomic mass is 10.1. The maximum absolute atomic E-state index is 12.6. The zero-order valence-corrected chi connectivity index (χ0v) is 13.4. The van der Waals surface area contributed by atoms with Crippen molar-refractivity contribution in [2.75, 3.05) is 0 Å². The molecule has 0 saturated heterocycles. The number of primary amides is 1. The van der Waals surface area contributed by atoms with Crippen molar-refractivity contribution in [3.63, 3.8) is 0 Å². The monoisotopic (exact) mass is 354 g/mol. The average molecular weight is 354 g/mol. The van der Waals surface area contributed by atoms with Gasteiger partial charge in [0.25, 0.3) is 11.8 Å². The Morgan fingerprint density at radius 2 is 2.00 bits per heavy atom. The fraction of sp³-hybridized carbons (Fsp3) is 0.125. The van der Waals surface area contributed by atoms with Gasteiger partial charge in [0.2, 0.25) is 11.7 Å². The Hall–Kier alpha value is -3.82. The molecule has 10 heteroatoms. The number of nitrogens with two attached hydrogens (primary N) is 1. The van der Waals surface area contributed by atoms with Gasteiger partial charge in [0.05, 0.1) is 12.5 Å². The van der Waals surface area contributed by atoms with E-state index in [1.165, 1.54) is 35.7 Å². The van der Waals surface area contributed by atoms with Gasteiger partial charge < -0.3 is 15.5 Å². The summed E-state index contributed by atoms with van der Waals surface area (Å²) in [4.78, 5) is 47.9. The third kappa shape index (κ3) is 3.64. The van der Waals surface area contributed by atoms with Crippen molar-refractivity contribution in [2.24, 2.45) is 5.73 Å². The lowest BCUT2D eigenvalue weighted by Crippen LogP contribution is -2.47. The average Bonchev–Trinajstić information content (AvgIpc) is 3.32. The van der Waals surface area contributed by atoms with E-state index in [0.717, 1.165) is 0 Å². The predicted octanol–water partition coefficient (Wildman–Crippen LogP) is -0.349. The Balaban J connectivity index is 1.83. The highest BCUT2D eigenvalue weighted by atomic mass is 16.3. The summed E-state index contributed by atoms with van der Waals surface area (Å²) in [6.45, 7) is 0. The topological polar surface area (TPSA) is 146 Å². The Morgan fingerprint density at radius 3 is 2.65 bits per heavy atom. The summed E-state index contributed by atoms with van der Waals surface area (Å²) in [5.41, 5.74) is 5.17. The zero-order chi connectivity index (χ0) is 18.5. The standard InChI is InChI=1S/C16H14N6O4/c17-14(24)13(23)11(7-10-3-1-6-26-10)21-15(25)12-8-18-9-22(12)16-19-4-2-5-20-16/h1-6,8-9,11H,7H2,(H2,17,24)(H,21,25). The maximum atomic E-state index is 12.6. The smallest absolute Gasteiger partial charge is 0.287 e. The van der Waals surface area contributed by atoms with E-state index in [1.54, 1.807) is 18.2 Å². The van der Waals surface area contributed by atoms with Crippen LogP contribution in [0.3, 0.4) is 0 Å². The third-order valence-electron chi connectivity index (χ3n) is 3.49. The Kier molecular flexibility index (Phi) is 4.83. The summed E-state index contributed by atoms with van der Waals surface area (Å²) >= 11 is 0. The summed E-state index contributed by atoms with van der Waals surface area (Å²) in [5.74, 6) is -2.07. The van der Waals surface area contributed by atoms with Crippen LogP contribution in [-0.4, -0.2) is 43.2 Å². The minimum absolute atomic E-state index is 0.0174.